The second-order valence-electron chi connectivity index (χ2n) is 3.94. The molecule has 0 spiro atoms. The largest absolute Gasteiger partial charge is 0.386 e. The number of imidazole rings is 1. The molecular weight excluding hydrogens is 267 g/mol. The van der Waals surface area contributed by atoms with Crippen LogP contribution in [0.4, 0.5) is 10.1 Å². The Hall–Kier alpha value is -1.88. The van der Waals surface area contributed by atoms with Crippen molar-refractivity contribution in [1.29, 1.82) is 0 Å². The molecule has 0 fully saturated rings. The molecule has 0 aliphatic rings. The van der Waals surface area contributed by atoms with Gasteiger partial charge in [-0.2, -0.15) is 0 Å². The third kappa shape index (κ3) is 2.93. The zero-order valence-electron chi connectivity index (χ0n) is 10.5. The third-order valence-electron chi connectivity index (χ3n) is 2.63. The highest BCUT2D eigenvalue weighted by Gasteiger charge is 2.09. The summed E-state index contributed by atoms with van der Waals surface area (Å²) in [4.78, 5) is 8.17. The van der Waals surface area contributed by atoms with Crippen molar-refractivity contribution >= 4 is 23.1 Å². The molecule has 6 heteroatoms. The molecule has 1 heterocycles. The van der Waals surface area contributed by atoms with Gasteiger partial charge >= 0.3 is 0 Å². The van der Waals surface area contributed by atoms with Gasteiger partial charge in [-0.15, -0.1) is 11.6 Å². The molecule has 0 saturated heterocycles. The van der Waals surface area contributed by atoms with Crippen molar-refractivity contribution in [3.63, 3.8) is 0 Å². The lowest BCUT2D eigenvalue weighted by Crippen LogP contribution is -2.12. The average molecular weight is 281 g/mol. The van der Waals surface area contributed by atoms with E-state index in [0.717, 1.165) is 12.2 Å². The molecule has 4 nitrogen and oxygen atoms in total. The molecule has 0 aliphatic heterocycles. The van der Waals surface area contributed by atoms with Crippen LogP contribution in [0.25, 0.3) is 5.69 Å². The molecule has 0 amide bonds. The summed E-state index contributed by atoms with van der Waals surface area (Å²) in [6, 6.07) is 4.67. The predicted octanol–water partition coefficient (Wildman–Crippen LogP) is 2.80. The maximum atomic E-state index is 14.1. The van der Waals surface area contributed by atoms with Crippen molar-refractivity contribution in [3.8, 4) is 5.69 Å². The predicted molar refractivity (Wildman–Crippen MR) is 74.9 cm³/mol. The minimum absolute atomic E-state index is 0.116. The summed E-state index contributed by atoms with van der Waals surface area (Å²) in [5.74, 6) is 0.794. The number of alkyl halides is 1. The first-order valence-corrected chi connectivity index (χ1v) is 6.40. The summed E-state index contributed by atoms with van der Waals surface area (Å²) in [6.07, 6.45) is 4.11. The maximum absolute atomic E-state index is 14.1. The van der Waals surface area contributed by atoms with Crippen LogP contribution < -0.4 is 5.73 Å². The van der Waals surface area contributed by atoms with Gasteiger partial charge in [0.05, 0.1) is 17.3 Å². The molecule has 0 atom stereocenters. The average Bonchev–Trinajstić information content (AvgIpc) is 2.87. The molecule has 19 heavy (non-hydrogen) atoms. The van der Waals surface area contributed by atoms with Crippen molar-refractivity contribution in [2.24, 2.45) is 10.7 Å². The highest BCUT2D eigenvalue weighted by atomic mass is 35.5. The monoisotopic (exact) mass is 280 g/mol. The van der Waals surface area contributed by atoms with Crippen LogP contribution in [-0.4, -0.2) is 21.3 Å². The number of nitrogens with two attached hydrogens (primary N) is 1. The quantitative estimate of drug-likeness (QED) is 0.532. The Bertz CT molecular complexity index is 606. The fourth-order valence-electron chi connectivity index (χ4n) is 1.77. The molecule has 0 radical (unpaired) electrons. The van der Waals surface area contributed by atoms with E-state index in [1.54, 1.807) is 29.1 Å². The van der Waals surface area contributed by atoms with Crippen LogP contribution in [0, 0.1) is 5.82 Å². The first kappa shape index (κ1) is 13.5. The minimum atomic E-state index is -0.378. The van der Waals surface area contributed by atoms with Crippen LogP contribution in [0.1, 0.15) is 12.7 Å². The van der Waals surface area contributed by atoms with Gasteiger partial charge in [0.1, 0.15) is 17.5 Å². The number of amidine groups is 1. The summed E-state index contributed by atoms with van der Waals surface area (Å²) in [7, 11) is 0. The van der Waals surface area contributed by atoms with E-state index >= 15 is 0 Å². The van der Waals surface area contributed by atoms with Crippen molar-refractivity contribution in [3.05, 3.63) is 42.2 Å². The van der Waals surface area contributed by atoms with Crippen LogP contribution in [-0.2, 0) is 6.42 Å². The van der Waals surface area contributed by atoms with Gasteiger partial charge in [0.25, 0.3) is 0 Å². The summed E-state index contributed by atoms with van der Waals surface area (Å²) in [5, 5.41) is 0. The summed E-state index contributed by atoms with van der Waals surface area (Å²) < 4.78 is 15.8. The molecule has 2 aromatic rings. The zero-order valence-corrected chi connectivity index (χ0v) is 11.2. The maximum Gasteiger partial charge on any atom is 0.149 e. The second kappa shape index (κ2) is 5.84. The number of aromatic nitrogens is 2. The van der Waals surface area contributed by atoms with E-state index < -0.39 is 0 Å². The van der Waals surface area contributed by atoms with Gasteiger partial charge in [-0.25, -0.2) is 14.4 Å². The van der Waals surface area contributed by atoms with Crippen molar-refractivity contribution in [2.75, 3.05) is 5.88 Å². The normalized spacial score (nSPS) is 11.8. The van der Waals surface area contributed by atoms with E-state index in [-0.39, 0.29) is 17.5 Å². The Morgan fingerprint density at radius 2 is 2.32 bits per heavy atom. The number of hydrogen-bond donors (Lipinski definition) is 1. The topological polar surface area (TPSA) is 56.2 Å². The van der Waals surface area contributed by atoms with Gasteiger partial charge in [-0.05, 0) is 12.1 Å². The van der Waals surface area contributed by atoms with E-state index in [1.165, 1.54) is 6.07 Å². The Morgan fingerprint density at radius 3 is 2.95 bits per heavy atom. The molecule has 1 aromatic heterocycles. The van der Waals surface area contributed by atoms with Crippen molar-refractivity contribution in [1.82, 2.24) is 9.55 Å². The lowest BCUT2D eigenvalue weighted by atomic mass is 10.2. The summed E-state index contributed by atoms with van der Waals surface area (Å²) in [6.45, 7) is 1.97. The number of halogens is 2. The van der Waals surface area contributed by atoms with Crippen LogP contribution in [0.3, 0.4) is 0 Å². The van der Waals surface area contributed by atoms with E-state index in [2.05, 4.69) is 9.98 Å². The van der Waals surface area contributed by atoms with E-state index in [0.29, 0.717) is 11.4 Å². The smallest absolute Gasteiger partial charge is 0.149 e. The van der Waals surface area contributed by atoms with Crippen molar-refractivity contribution < 1.29 is 4.39 Å². The molecule has 0 unspecified atom stereocenters. The van der Waals surface area contributed by atoms with Gasteiger partial charge in [0.2, 0.25) is 0 Å². The minimum Gasteiger partial charge on any atom is -0.386 e. The van der Waals surface area contributed by atoms with E-state index in [4.69, 9.17) is 17.3 Å². The Morgan fingerprint density at radius 1 is 1.53 bits per heavy atom. The fraction of sp³-hybridized carbons (Fsp3) is 0.231. The lowest BCUT2D eigenvalue weighted by molar-refractivity contribution is 0.615. The molecule has 0 bridgehead atoms. The molecular formula is C13H14ClFN4. The molecule has 0 aliphatic carbocycles. The second-order valence-corrected chi connectivity index (χ2v) is 4.21. The Labute approximate surface area is 115 Å². The van der Waals surface area contributed by atoms with Gasteiger partial charge in [0, 0.05) is 24.9 Å². The van der Waals surface area contributed by atoms with Gasteiger partial charge in [-0.1, -0.05) is 6.92 Å². The lowest BCUT2D eigenvalue weighted by Gasteiger charge is -2.08. The van der Waals surface area contributed by atoms with Crippen LogP contribution >= 0.6 is 11.6 Å². The van der Waals surface area contributed by atoms with Crippen molar-refractivity contribution in [2.45, 2.75) is 13.3 Å². The number of hydrogen-bond acceptors (Lipinski definition) is 2. The fourth-order valence-corrected chi connectivity index (χ4v) is 1.83. The Balaban J connectivity index is 2.40. The van der Waals surface area contributed by atoms with E-state index in [9.17, 15) is 4.39 Å². The SMILES string of the molecule is CCc1nccn1-c1ccc(N=C(N)CCl)cc1F. The van der Waals surface area contributed by atoms with Crippen LogP contribution in [0.5, 0.6) is 0 Å². The number of rotatable bonds is 4. The molecule has 100 valence electrons. The highest BCUT2D eigenvalue weighted by molar-refractivity contribution is 6.28. The first-order valence-electron chi connectivity index (χ1n) is 5.86. The molecule has 2 N–H and O–H groups in total. The van der Waals surface area contributed by atoms with E-state index in [1.807, 2.05) is 6.92 Å². The standard InChI is InChI=1S/C13H14ClFN4/c1-2-13-17-5-6-19(13)11-4-3-9(7-10(11)15)18-12(16)8-14/h3-7H,2,8H2,1H3,(H2,16,18). The first-order chi connectivity index (χ1) is 9.15. The zero-order chi connectivity index (χ0) is 13.8. The molecule has 2 rings (SSSR count). The van der Waals surface area contributed by atoms with Crippen LogP contribution in [0.2, 0.25) is 0 Å². The molecule has 1 aromatic carbocycles. The number of aryl methyl sites for hydroxylation is 1. The van der Waals surface area contributed by atoms with Gasteiger partial charge < -0.3 is 10.3 Å². The summed E-state index contributed by atoms with van der Waals surface area (Å²) in [5.41, 5.74) is 6.40. The van der Waals surface area contributed by atoms with Gasteiger partial charge in [-0.3, -0.25) is 0 Å². The third-order valence-corrected chi connectivity index (χ3v) is 2.91. The number of nitrogens with zero attached hydrogens (tertiary/aromatic N) is 3. The number of aliphatic imine (C=N–C) groups is 1. The molecule has 0 saturated carbocycles. The van der Waals surface area contributed by atoms with Crippen LogP contribution in [0.15, 0.2) is 35.6 Å². The van der Waals surface area contributed by atoms with Gasteiger partial charge in [0.15, 0.2) is 0 Å². The highest BCUT2D eigenvalue weighted by Crippen LogP contribution is 2.21. The Kier molecular flexibility index (Phi) is 4.16. The summed E-state index contributed by atoms with van der Waals surface area (Å²) >= 11 is 5.53. The number of benzene rings is 1.